The number of halogens is 2. The first-order chi connectivity index (χ1) is 27.0. The molecule has 15 nitrogen and oxygen atoms in total. The number of pyridine rings is 1. The Hall–Kier alpha value is -6.47. The predicted octanol–water partition coefficient (Wildman–Crippen LogP) is 3.98. The first kappa shape index (κ1) is 36.5. The number of carbonyl (C=O) groups is 5. The van der Waals surface area contributed by atoms with Crippen LogP contribution in [0, 0.1) is 17.3 Å². The molecule has 0 bridgehead atoms. The van der Waals surface area contributed by atoms with E-state index in [9.17, 15) is 29.2 Å². The maximum atomic E-state index is 15.5. The minimum Gasteiger partial charge on any atom is -0.371 e. The van der Waals surface area contributed by atoms with Gasteiger partial charge in [-0.15, -0.1) is 0 Å². The molecule has 4 aliphatic heterocycles. The summed E-state index contributed by atoms with van der Waals surface area (Å²) in [6.07, 6.45) is 3.27. The van der Waals surface area contributed by atoms with Crippen LogP contribution in [0.3, 0.4) is 0 Å². The van der Waals surface area contributed by atoms with Crippen molar-refractivity contribution in [2.24, 2.45) is 0 Å². The van der Waals surface area contributed by atoms with E-state index < -0.39 is 41.5 Å². The normalized spacial score (nSPS) is 18.3. The Bertz CT molecular complexity index is 2380. The highest BCUT2D eigenvalue weighted by Gasteiger charge is 2.45. The van der Waals surface area contributed by atoms with Crippen LogP contribution in [0.5, 0.6) is 0 Å². The van der Waals surface area contributed by atoms with Gasteiger partial charge in [-0.3, -0.25) is 34.2 Å². The van der Waals surface area contributed by atoms with E-state index in [2.05, 4.69) is 41.5 Å². The Kier molecular flexibility index (Phi) is 9.54. The molecular formula is C39H34ClFN10O5. The Morgan fingerprint density at radius 1 is 0.946 bits per heavy atom. The highest BCUT2D eigenvalue weighted by Crippen LogP contribution is 2.33. The molecule has 1 unspecified atom stereocenters. The van der Waals surface area contributed by atoms with Crippen LogP contribution >= 0.6 is 11.6 Å². The molecule has 2 aromatic carbocycles. The van der Waals surface area contributed by atoms with Gasteiger partial charge in [0.2, 0.25) is 17.8 Å². The van der Waals surface area contributed by atoms with E-state index in [-0.39, 0.29) is 41.4 Å². The molecule has 0 aliphatic carbocycles. The van der Waals surface area contributed by atoms with E-state index >= 15 is 4.39 Å². The minimum absolute atomic E-state index is 0.0405. The third kappa shape index (κ3) is 6.64. The number of nitrogens with one attached hydrogen (secondary N) is 2. The fourth-order valence-electron chi connectivity index (χ4n) is 7.78. The molecule has 2 fully saturated rings. The second-order valence-electron chi connectivity index (χ2n) is 14.1. The van der Waals surface area contributed by atoms with Gasteiger partial charge >= 0.3 is 0 Å². The molecular weight excluding hydrogens is 743 g/mol. The number of benzene rings is 2. The van der Waals surface area contributed by atoms with Crippen molar-refractivity contribution < 1.29 is 28.4 Å². The molecule has 0 saturated carbocycles. The second kappa shape index (κ2) is 14.6. The molecule has 1 atom stereocenters. The van der Waals surface area contributed by atoms with Crippen molar-refractivity contribution in [2.45, 2.75) is 50.7 Å². The first-order valence-electron chi connectivity index (χ1n) is 18.1. The maximum Gasteiger partial charge on any atom is 0.262 e. The quantitative estimate of drug-likeness (QED) is 0.204. The fraction of sp³-hybridized carbons (Fsp3) is 0.308. The summed E-state index contributed by atoms with van der Waals surface area (Å²) >= 11 is 6.26. The molecule has 6 heterocycles. The molecule has 56 heavy (non-hydrogen) atoms. The van der Waals surface area contributed by atoms with Crippen molar-refractivity contribution in [3.8, 4) is 6.07 Å². The zero-order chi connectivity index (χ0) is 39.2. The fourth-order valence-corrected chi connectivity index (χ4v) is 8.00. The van der Waals surface area contributed by atoms with Crippen molar-refractivity contribution in [2.75, 3.05) is 41.8 Å². The smallest absolute Gasteiger partial charge is 0.262 e. The summed E-state index contributed by atoms with van der Waals surface area (Å²) in [5.41, 5.74) is 3.88. The molecule has 4 aromatic rings. The summed E-state index contributed by atoms with van der Waals surface area (Å²) in [5, 5.41) is 14.9. The maximum absolute atomic E-state index is 15.5. The van der Waals surface area contributed by atoms with Crippen molar-refractivity contribution in [3.63, 3.8) is 0 Å². The van der Waals surface area contributed by atoms with Gasteiger partial charge in [-0.25, -0.2) is 15.0 Å². The van der Waals surface area contributed by atoms with Crippen LogP contribution in [0.25, 0.3) is 0 Å². The van der Waals surface area contributed by atoms with Crippen LogP contribution in [0.15, 0.2) is 54.9 Å². The number of carbonyl (C=O) groups excluding carboxylic acids is 5. The number of hydrogen-bond donors (Lipinski definition) is 2. The number of nitriles is 1. The molecule has 2 saturated heterocycles. The van der Waals surface area contributed by atoms with Crippen molar-refractivity contribution >= 4 is 64.1 Å². The number of fused-ring (bicyclic) bond motifs is 2. The SMILES string of the molecule is CN(C(=O)c1ccc(Nc2ncnc3c2CCN(c2ccc(C#N)c(Cl)c2)C3)nc1F)C1CCN(c2ccc3c(c2)C(=O)N(C2CCC(=O)NC2=O)C3=O)CC1. The summed E-state index contributed by atoms with van der Waals surface area (Å²) < 4.78 is 15.5. The molecule has 17 heteroatoms. The third-order valence-electron chi connectivity index (χ3n) is 10.9. The van der Waals surface area contributed by atoms with E-state index in [0.717, 1.165) is 27.5 Å². The van der Waals surface area contributed by atoms with Gasteiger partial charge in [-0.05, 0) is 74.2 Å². The van der Waals surface area contributed by atoms with Crippen LogP contribution < -0.4 is 20.4 Å². The van der Waals surface area contributed by atoms with E-state index in [1.807, 2.05) is 6.07 Å². The van der Waals surface area contributed by atoms with Crippen LogP contribution in [0.2, 0.25) is 5.02 Å². The molecule has 0 spiro atoms. The number of piperidine rings is 2. The highest BCUT2D eigenvalue weighted by molar-refractivity contribution is 6.32. The van der Waals surface area contributed by atoms with E-state index in [4.69, 9.17) is 11.6 Å². The molecule has 5 amide bonds. The van der Waals surface area contributed by atoms with Gasteiger partial charge in [0.1, 0.15) is 30.1 Å². The van der Waals surface area contributed by atoms with Crippen molar-refractivity contribution in [1.29, 1.82) is 5.26 Å². The Labute approximate surface area is 325 Å². The van der Waals surface area contributed by atoms with Gasteiger partial charge in [-0.1, -0.05) is 11.6 Å². The van der Waals surface area contributed by atoms with Crippen LogP contribution in [0.4, 0.5) is 27.4 Å². The summed E-state index contributed by atoms with van der Waals surface area (Å²) in [4.78, 5) is 83.5. The number of hydrogen-bond acceptors (Lipinski definition) is 12. The molecule has 0 radical (unpaired) electrons. The molecule has 8 rings (SSSR count). The molecule has 4 aliphatic rings. The minimum atomic E-state index is -1.04. The second-order valence-corrected chi connectivity index (χ2v) is 14.5. The molecule has 284 valence electrons. The molecule has 2 aromatic heterocycles. The van der Waals surface area contributed by atoms with Gasteiger partial charge < -0.3 is 20.0 Å². The van der Waals surface area contributed by atoms with Crippen molar-refractivity contribution in [1.82, 2.24) is 30.1 Å². The lowest BCUT2D eigenvalue weighted by atomic mass is 10.0. The van der Waals surface area contributed by atoms with Gasteiger partial charge in [-0.2, -0.15) is 9.65 Å². The van der Waals surface area contributed by atoms with Gasteiger partial charge in [0.05, 0.1) is 39.5 Å². The zero-order valence-electron chi connectivity index (χ0n) is 30.1. The number of rotatable bonds is 7. The van der Waals surface area contributed by atoms with Gasteiger partial charge in [0.25, 0.3) is 17.7 Å². The summed E-state index contributed by atoms with van der Waals surface area (Å²) in [6.45, 7) is 2.18. The number of amides is 5. The first-order valence-corrected chi connectivity index (χ1v) is 18.5. The Morgan fingerprint density at radius 3 is 2.43 bits per heavy atom. The third-order valence-corrected chi connectivity index (χ3v) is 11.2. The summed E-state index contributed by atoms with van der Waals surface area (Å²) in [5.74, 6) is -2.98. The number of anilines is 4. The number of aromatic nitrogens is 3. The number of nitrogens with zero attached hydrogens (tertiary/aromatic N) is 8. The van der Waals surface area contributed by atoms with Crippen LogP contribution in [-0.2, 0) is 22.6 Å². The lowest BCUT2D eigenvalue weighted by molar-refractivity contribution is -0.136. The summed E-state index contributed by atoms with van der Waals surface area (Å²) in [6, 6.07) is 14.0. The highest BCUT2D eigenvalue weighted by atomic mass is 35.5. The largest absolute Gasteiger partial charge is 0.371 e. The molecule has 2 N–H and O–H groups in total. The van der Waals surface area contributed by atoms with E-state index in [0.29, 0.717) is 61.8 Å². The topological polar surface area (TPSA) is 185 Å². The van der Waals surface area contributed by atoms with Gasteiger partial charge in [0, 0.05) is 56.1 Å². The van der Waals surface area contributed by atoms with Crippen LogP contribution in [0.1, 0.15) is 73.6 Å². The Morgan fingerprint density at radius 2 is 1.70 bits per heavy atom. The van der Waals surface area contributed by atoms with E-state index in [1.165, 1.54) is 23.4 Å². The Balaban J connectivity index is 0.885. The number of imide groups is 2. The van der Waals surface area contributed by atoms with Crippen molar-refractivity contribution in [3.05, 3.63) is 99.3 Å². The zero-order valence-corrected chi connectivity index (χ0v) is 30.8. The monoisotopic (exact) mass is 776 g/mol. The lowest BCUT2D eigenvalue weighted by Crippen LogP contribution is -2.54. The summed E-state index contributed by atoms with van der Waals surface area (Å²) in [7, 11) is 1.64. The average Bonchev–Trinajstić information content (AvgIpc) is 3.45. The van der Waals surface area contributed by atoms with E-state index in [1.54, 1.807) is 37.4 Å². The van der Waals surface area contributed by atoms with Gasteiger partial charge in [0.15, 0.2) is 0 Å². The average molecular weight is 777 g/mol. The predicted molar refractivity (Wildman–Crippen MR) is 201 cm³/mol. The standard InChI is InChI=1S/C39H34ClFN10O5/c1-48(22-10-13-49(14-11-22)23-4-5-25-28(16-23)39(56)51(38(25)55)31-7-9-33(52)47-36(31)53)37(54)27-6-8-32(45-34(27)41)46-35-26-12-15-50(19-30(26)43-20-44-35)24-3-2-21(18-42)29(40)17-24/h2-6,8,16-17,20,22,31H,7,9-15,19H2,1H3,(H,47,52,53)(H,43,44,45,46). The lowest BCUT2D eigenvalue weighted by Gasteiger charge is -2.38. The van der Waals surface area contributed by atoms with Crippen LogP contribution in [-0.4, -0.2) is 93.1 Å².